The summed E-state index contributed by atoms with van der Waals surface area (Å²) >= 11 is 0. The van der Waals surface area contributed by atoms with Gasteiger partial charge in [0.1, 0.15) is 11.7 Å². The molecule has 3 rings (SSSR count). The van der Waals surface area contributed by atoms with E-state index in [4.69, 9.17) is 9.47 Å². The zero-order valence-electron chi connectivity index (χ0n) is 13.1. The molecule has 0 aromatic carbocycles. The van der Waals surface area contributed by atoms with Gasteiger partial charge in [-0.3, -0.25) is 9.59 Å². The molecule has 4 atom stereocenters. The van der Waals surface area contributed by atoms with E-state index in [0.29, 0.717) is 5.92 Å². The lowest BCUT2D eigenvalue weighted by molar-refractivity contribution is -0.183. The van der Waals surface area contributed by atoms with E-state index < -0.39 is 5.92 Å². The summed E-state index contributed by atoms with van der Waals surface area (Å²) in [6.45, 7) is 4.17. The first-order chi connectivity index (χ1) is 10.0. The van der Waals surface area contributed by atoms with Crippen LogP contribution in [0.15, 0.2) is 0 Å². The highest BCUT2D eigenvalue weighted by molar-refractivity contribution is 5.96. The van der Waals surface area contributed by atoms with Gasteiger partial charge in [0, 0.05) is 0 Å². The van der Waals surface area contributed by atoms with Gasteiger partial charge in [-0.25, -0.2) is 0 Å². The molecule has 4 nitrogen and oxygen atoms in total. The number of ether oxygens (including phenoxy) is 2. The predicted octanol–water partition coefficient (Wildman–Crippen LogP) is 3.23. The molecular weight excluding hydrogens is 268 g/mol. The van der Waals surface area contributed by atoms with Crippen molar-refractivity contribution in [2.24, 2.45) is 17.8 Å². The van der Waals surface area contributed by atoms with E-state index in [1.807, 2.05) is 0 Å². The van der Waals surface area contributed by atoms with Gasteiger partial charge >= 0.3 is 11.9 Å². The van der Waals surface area contributed by atoms with Gasteiger partial charge in [-0.1, -0.05) is 20.3 Å². The first-order valence-corrected chi connectivity index (χ1v) is 8.48. The van der Waals surface area contributed by atoms with Crippen molar-refractivity contribution in [1.82, 2.24) is 0 Å². The van der Waals surface area contributed by atoms with Gasteiger partial charge in [0.25, 0.3) is 0 Å². The predicted molar refractivity (Wildman–Crippen MR) is 77.5 cm³/mol. The SMILES string of the molecule is CCC1(OC(=O)C2C(=O)OC3CC2CC3C)CCCCC1. The molecule has 118 valence electrons. The molecule has 2 aliphatic carbocycles. The zero-order valence-corrected chi connectivity index (χ0v) is 13.1. The molecule has 2 bridgehead atoms. The summed E-state index contributed by atoms with van der Waals surface area (Å²) in [6.07, 6.45) is 7.87. The van der Waals surface area contributed by atoms with Gasteiger partial charge in [0.2, 0.25) is 0 Å². The Morgan fingerprint density at radius 2 is 2.00 bits per heavy atom. The smallest absolute Gasteiger partial charge is 0.321 e. The molecule has 0 spiro atoms. The number of carbonyl (C=O) groups is 2. The van der Waals surface area contributed by atoms with E-state index in [1.54, 1.807) is 0 Å². The van der Waals surface area contributed by atoms with Crippen LogP contribution in [0.25, 0.3) is 0 Å². The highest BCUT2D eigenvalue weighted by Crippen LogP contribution is 2.44. The van der Waals surface area contributed by atoms with Crippen LogP contribution >= 0.6 is 0 Å². The molecule has 21 heavy (non-hydrogen) atoms. The standard InChI is InChI=1S/C17H26O4/c1-3-17(7-5-4-6-8-17)21-16(19)14-12-9-11(2)13(10-12)20-15(14)18/h11-14H,3-10H2,1-2H3. The zero-order chi connectivity index (χ0) is 15.0. The molecule has 0 aromatic rings. The van der Waals surface area contributed by atoms with E-state index in [-0.39, 0.29) is 29.6 Å². The second-order valence-corrected chi connectivity index (χ2v) is 7.18. The van der Waals surface area contributed by atoms with Crippen LogP contribution in [0.5, 0.6) is 0 Å². The van der Waals surface area contributed by atoms with Crippen molar-refractivity contribution in [2.75, 3.05) is 0 Å². The summed E-state index contributed by atoms with van der Waals surface area (Å²) in [7, 11) is 0. The highest BCUT2D eigenvalue weighted by atomic mass is 16.6. The lowest BCUT2D eigenvalue weighted by Gasteiger charge is -2.38. The molecule has 1 heterocycles. The number of rotatable bonds is 3. The van der Waals surface area contributed by atoms with Crippen LogP contribution in [-0.4, -0.2) is 23.6 Å². The third-order valence-corrected chi connectivity index (χ3v) is 5.82. The molecule has 4 unspecified atom stereocenters. The minimum Gasteiger partial charge on any atom is -0.461 e. The Hall–Kier alpha value is -1.06. The van der Waals surface area contributed by atoms with Crippen molar-refractivity contribution in [3.8, 4) is 0 Å². The lowest BCUT2D eigenvalue weighted by Crippen LogP contribution is -2.44. The van der Waals surface area contributed by atoms with Gasteiger partial charge in [0.15, 0.2) is 5.92 Å². The minimum absolute atomic E-state index is 0.0152. The number of fused-ring (bicyclic) bond motifs is 2. The second kappa shape index (κ2) is 5.62. The third-order valence-electron chi connectivity index (χ3n) is 5.82. The first-order valence-electron chi connectivity index (χ1n) is 8.48. The Balaban J connectivity index is 1.71. The highest BCUT2D eigenvalue weighted by Gasteiger charge is 2.51. The fourth-order valence-corrected chi connectivity index (χ4v) is 4.40. The molecule has 0 N–H and O–H groups in total. The number of esters is 2. The molecule has 3 aliphatic rings. The molecule has 1 aliphatic heterocycles. The van der Waals surface area contributed by atoms with E-state index in [2.05, 4.69) is 13.8 Å². The van der Waals surface area contributed by atoms with Crippen LogP contribution in [0.3, 0.4) is 0 Å². The average molecular weight is 294 g/mol. The normalized spacial score (nSPS) is 37.9. The monoisotopic (exact) mass is 294 g/mol. The molecule has 3 fully saturated rings. The average Bonchev–Trinajstić information content (AvgIpc) is 2.75. The number of carbonyl (C=O) groups excluding carboxylic acids is 2. The topological polar surface area (TPSA) is 52.6 Å². The second-order valence-electron chi connectivity index (χ2n) is 7.18. The van der Waals surface area contributed by atoms with Crippen LogP contribution in [-0.2, 0) is 19.1 Å². The van der Waals surface area contributed by atoms with Crippen LogP contribution in [0.1, 0.15) is 65.2 Å². The summed E-state index contributed by atoms with van der Waals surface area (Å²) in [5.74, 6) is -0.881. The van der Waals surface area contributed by atoms with Crippen LogP contribution in [0, 0.1) is 17.8 Å². The first kappa shape index (κ1) is 14.9. The maximum Gasteiger partial charge on any atom is 0.321 e. The van der Waals surface area contributed by atoms with Gasteiger partial charge in [-0.15, -0.1) is 0 Å². The molecule has 2 saturated carbocycles. The molecule has 1 saturated heterocycles. The van der Waals surface area contributed by atoms with Crippen molar-refractivity contribution < 1.29 is 19.1 Å². The van der Waals surface area contributed by atoms with Crippen molar-refractivity contribution in [1.29, 1.82) is 0 Å². The largest absolute Gasteiger partial charge is 0.461 e. The van der Waals surface area contributed by atoms with E-state index in [0.717, 1.165) is 44.9 Å². The van der Waals surface area contributed by atoms with E-state index >= 15 is 0 Å². The Bertz CT molecular complexity index is 423. The van der Waals surface area contributed by atoms with Gasteiger partial charge in [-0.2, -0.15) is 0 Å². The molecule has 0 radical (unpaired) electrons. The molecule has 0 amide bonds. The van der Waals surface area contributed by atoms with E-state index in [1.165, 1.54) is 6.42 Å². The summed E-state index contributed by atoms with van der Waals surface area (Å²) in [6, 6.07) is 0. The van der Waals surface area contributed by atoms with Crippen molar-refractivity contribution in [3.05, 3.63) is 0 Å². The third kappa shape index (κ3) is 2.69. The lowest BCUT2D eigenvalue weighted by atomic mass is 9.82. The summed E-state index contributed by atoms with van der Waals surface area (Å²) in [5.41, 5.74) is -0.337. The Kier molecular flexibility index (Phi) is 3.98. The fraction of sp³-hybridized carbons (Fsp3) is 0.882. The van der Waals surface area contributed by atoms with Crippen LogP contribution in [0.2, 0.25) is 0 Å². The molecular formula is C17H26O4. The summed E-state index contributed by atoms with van der Waals surface area (Å²) in [5, 5.41) is 0. The molecule has 4 heteroatoms. The minimum atomic E-state index is -0.684. The van der Waals surface area contributed by atoms with Crippen LogP contribution < -0.4 is 0 Å². The van der Waals surface area contributed by atoms with Gasteiger partial charge in [-0.05, 0) is 56.8 Å². The van der Waals surface area contributed by atoms with Crippen molar-refractivity contribution >= 4 is 11.9 Å². The fourth-order valence-electron chi connectivity index (χ4n) is 4.40. The Morgan fingerprint density at radius 3 is 2.67 bits per heavy atom. The summed E-state index contributed by atoms with van der Waals surface area (Å²) in [4.78, 5) is 24.8. The number of hydrogen-bond donors (Lipinski definition) is 0. The Morgan fingerprint density at radius 1 is 1.29 bits per heavy atom. The quantitative estimate of drug-likeness (QED) is 0.592. The van der Waals surface area contributed by atoms with E-state index in [9.17, 15) is 9.59 Å². The number of hydrogen-bond acceptors (Lipinski definition) is 4. The Labute approximate surface area is 126 Å². The molecule has 0 aromatic heterocycles. The van der Waals surface area contributed by atoms with Crippen LogP contribution in [0.4, 0.5) is 0 Å². The van der Waals surface area contributed by atoms with Crippen molar-refractivity contribution in [3.63, 3.8) is 0 Å². The van der Waals surface area contributed by atoms with Gasteiger partial charge in [0.05, 0.1) is 0 Å². The maximum atomic E-state index is 12.6. The summed E-state index contributed by atoms with van der Waals surface area (Å²) < 4.78 is 11.3. The van der Waals surface area contributed by atoms with Gasteiger partial charge < -0.3 is 9.47 Å². The maximum absolute atomic E-state index is 12.6. The van der Waals surface area contributed by atoms with Crippen molar-refractivity contribution in [2.45, 2.75) is 76.9 Å².